The predicted octanol–water partition coefficient (Wildman–Crippen LogP) is 5.47. The number of nitrogens with zero attached hydrogens (tertiary/aromatic N) is 3. The number of fused-ring (bicyclic) bond motifs is 1. The van der Waals surface area contributed by atoms with Crippen molar-refractivity contribution < 1.29 is 18.0 Å². The first-order valence-electron chi connectivity index (χ1n) is 12.3. The van der Waals surface area contributed by atoms with Gasteiger partial charge in [-0.1, -0.05) is 36.4 Å². The van der Waals surface area contributed by atoms with E-state index in [-0.39, 0.29) is 6.04 Å². The van der Waals surface area contributed by atoms with E-state index in [4.69, 9.17) is 10.8 Å². The van der Waals surface area contributed by atoms with Gasteiger partial charge in [-0.3, -0.25) is 14.4 Å². The fraction of sp³-hybridized carbons (Fsp3) is 0.429. The Labute approximate surface area is 210 Å². The maximum absolute atomic E-state index is 13.4. The largest absolute Gasteiger partial charge is 0.416 e. The average Bonchev–Trinajstić information content (AvgIpc) is 3.18. The molecule has 36 heavy (non-hydrogen) atoms. The highest BCUT2D eigenvalue weighted by Crippen LogP contribution is 2.43. The van der Waals surface area contributed by atoms with Crippen molar-refractivity contribution in [1.82, 2.24) is 14.7 Å². The van der Waals surface area contributed by atoms with Crippen molar-refractivity contribution in [2.45, 2.75) is 71.3 Å². The van der Waals surface area contributed by atoms with Gasteiger partial charge in [-0.15, -0.1) is 0 Å². The molecule has 2 atom stereocenters. The molecule has 0 bridgehead atoms. The van der Waals surface area contributed by atoms with E-state index in [1.54, 1.807) is 0 Å². The Hall–Kier alpha value is -3.13. The zero-order chi connectivity index (χ0) is 26.3. The fourth-order valence-electron chi connectivity index (χ4n) is 5.60. The molecule has 0 aliphatic carbocycles. The molecule has 1 aliphatic heterocycles. The highest BCUT2D eigenvalue weighted by atomic mass is 19.4. The van der Waals surface area contributed by atoms with Crippen molar-refractivity contribution in [3.05, 3.63) is 87.7 Å². The highest BCUT2D eigenvalue weighted by molar-refractivity contribution is 5.86. The van der Waals surface area contributed by atoms with Crippen molar-refractivity contribution >= 4 is 5.91 Å². The Morgan fingerprint density at radius 1 is 1.11 bits per heavy atom. The van der Waals surface area contributed by atoms with Gasteiger partial charge in [-0.2, -0.15) is 18.3 Å². The van der Waals surface area contributed by atoms with E-state index in [0.717, 1.165) is 40.7 Å². The zero-order valence-corrected chi connectivity index (χ0v) is 21.2. The van der Waals surface area contributed by atoms with Crippen LogP contribution < -0.4 is 5.73 Å². The molecule has 4 rings (SSSR count). The van der Waals surface area contributed by atoms with Crippen LogP contribution in [0.2, 0.25) is 0 Å². The number of carbonyl (C=O) groups excluding carboxylic acids is 1. The van der Waals surface area contributed by atoms with E-state index in [9.17, 15) is 18.0 Å². The topological polar surface area (TPSA) is 64.2 Å². The molecular formula is C28H33F3N4O. The molecule has 5 nitrogen and oxygen atoms in total. The summed E-state index contributed by atoms with van der Waals surface area (Å²) in [5.41, 5.74) is 9.63. The Kier molecular flexibility index (Phi) is 7.01. The number of hydrogen-bond acceptors (Lipinski definition) is 3. The van der Waals surface area contributed by atoms with Crippen LogP contribution in [-0.2, 0) is 35.9 Å². The lowest BCUT2D eigenvalue weighted by Crippen LogP contribution is -2.56. The van der Waals surface area contributed by atoms with E-state index < -0.39 is 23.2 Å². The number of nitrogens with two attached hydrogens (primary N) is 1. The van der Waals surface area contributed by atoms with Gasteiger partial charge in [0.1, 0.15) is 5.54 Å². The fourth-order valence-corrected chi connectivity index (χ4v) is 5.60. The number of alkyl halides is 3. The predicted molar refractivity (Wildman–Crippen MR) is 133 cm³/mol. The summed E-state index contributed by atoms with van der Waals surface area (Å²) in [6.07, 6.45) is -2.74. The van der Waals surface area contributed by atoms with Crippen LogP contribution in [0, 0.1) is 13.8 Å². The minimum atomic E-state index is -4.40. The van der Waals surface area contributed by atoms with Crippen LogP contribution in [0.15, 0.2) is 48.5 Å². The van der Waals surface area contributed by atoms with Crippen LogP contribution in [0.25, 0.3) is 0 Å². The van der Waals surface area contributed by atoms with Crippen molar-refractivity contribution in [3.63, 3.8) is 0 Å². The minimum Gasteiger partial charge on any atom is -0.368 e. The lowest BCUT2D eigenvalue weighted by atomic mass is 9.82. The summed E-state index contributed by atoms with van der Waals surface area (Å²) in [4.78, 5) is 15.2. The standard InChI is InChI=1S/C28H33F3N4O/c1-5-35-24-15-16-34(27(4,26(32)36)21-9-7-6-8-10-21)23(25(24)19(3)33-35)14-12-20-17-22(28(29,30)31)13-11-18(20)2/h6-11,13,17,23H,5,12,14-16H2,1-4H3,(H2,32,36). The van der Waals surface area contributed by atoms with Crippen LogP contribution in [0.4, 0.5) is 13.2 Å². The summed E-state index contributed by atoms with van der Waals surface area (Å²) < 4.78 is 42.2. The van der Waals surface area contributed by atoms with Crippen LogP contribution in [0.1, 0.15) is 65.5 Å². The van der Waals surface area contributed by atoms with E-state index in [1.807, 2.05) is 62.7 Å². The first kappa shape index (κ1) is 25.9. The molecule has 2 N–H and O–H groups in total. The van der Waals surface area contributed by atoms with E-state index in [1.165, 1.54) is 12.1 Å². The Balaban J connectivity index is 1.79. The second-order valence-electron chi connectivity index (χ2n) is 9.70. The molecular weight excluding hydrogens is 465 g/mol. The molecule has 0 fully saturated rings. The summed E-state index contributed by atoms with van der Waals surface area (Å²) in [6, 6.07) is 13.1. The maximum atomic E-state index is 13.4. The first-order chi connectivity index (χ1) is 17.0. The van der Waals surface area contributed by atoms with E-state index in [2.05, 4.69) is 4.90 Å². The summed E-state index contributed by atoms with van der Waals surface area (Å²) >= 11 is 0. The van der Waals surface area contributed by atoms with Gasteiger partial charge in [0.05, 0.1) is 11.3 Å². The SMILES string of the molecule is CCn1nc(C)c2c1CCN(C(C)(C(N)=O)c1ccccc1)C2CCc1cc(C(F)(F)F)ccc1C. The Morgan fingerprint density at radius 2 is 1.81 bits per heavy atom. The number of amides is 1. The first-order valence-corrected chi connectivity index (χ1v) is 12.3. The van der Waals surface area contributed by atoms with Crippen molar-refractivity contribution in [2.24, 2.45) is 5.73 Å². The molecule has 0 saturated heterocycles. The quantitative estimate of drug-likeness (QED) is 0.470. The van der Waals surface area contributed by atoms with Crippen molar-refractivity contribution in [2.75, 3.05) is 6.54 Å². The smallest absolute Gasteiger partial charge is 0.368 e. The van der Waals surface area contributed by atoms with Crippen LogP contribution >= 0.6 is 0 Å². The molecule has 2 aromatic carbocycles. The number of rotatable bonds is 7. The molecule has 192 valence electrons. The molecule has 1 aromatic heterocycles. The second kappa shape index (κ2) is 9.73. The molecule has 0 saturated carbocycles. The van der Waals surface area contributed by atoms with E-state index in [0.29, 0.717) is 31.4 Å². The third-order valence-corrected chi connectivity index (χ3v) is 7.64. The second-order valence-corrected chi connectivity index (χ2v) is 9.70. The number of carbonyl (C=O) groups is 1. The average molecular weight is 499 g/mol. The molecule has 3 aromatic rings. The molecule has 1 amide bonds. The third kappa shape index (κ3) is 4.54. The van der Waals surface area contributed by atoms with E-state index >= 15 is 0 Å². The monoisotopic (exact) mass is 498 g/mol. The van der Waals surface area contributed by atoms with Gasteiger partial charge in [0, 0.05) is 36.8 Å². The van der Waals surface area contributed by atoms with Crippen molar-refractivity contribution in [3.8, 4) is 0 Å². The number of aryl methyl sites for hydroxylation is 4. The van der Waals surface area contributed by atoms with Gasteiger partial charge in [-0.25, -0.2) is 0 Å². The van der Waals surface area contributed by atoms with Crippen LogP contribution in [0.5, 0.6) is 0 Å². The van der Waals surface area contributed by atoms with Gasteiger partial charge in [0.25, 0.3) is 0 Å². The number of hydrogen-bond donors (Lipinski definition) is 1. The highest BCUT2D eigenvalue weighted by Gasteiger charge is 2.46. The number of primary amides is 1. The normalized spacial score (nSPS) is 18.0. The summed E-state index contributed by atoms with van der Waals surface area (Å²) in [5.74, 6) is -0.460. The summed E-state index contributed by atoms with van der Waals surface area (Å²) in [7, 11) is 0. The molecule has 0 spiro atoms. The number of aromatic nitrogens is 2. The van der Waals surface area contributed by atoms with Gasteiger partial charge in [0.15, 0.2) is 0 Å². The van der Waals surface area contributed by atoms with Crippen LogP contribution in [-0.4, -0.2) is 27.1 Å². The zero-order valence-electron chi connectivity index (χ0n) is 21.2. The minimum absolute atomic E-state index is 0.235. The van der Waals surface area contributed by atoms with Gasteiger partial charge in [-0.05, 0) is 69.4 Å². The molecule has 1 aliphatic rings. The van der Waals surface area contributed by atoms with Crippen LogP contribution in [0.3, 0.4) is 0 Å². The Bertz CT molecular complexity index is 1250. The lowest BCUT2D eigenvalue weighted by molar-refractivity contribution is -0.137. The summed E-state index contributed by atoms with van der Waals surface area (Å²) in [5, 5.41) is 4.74. The Morgan fingerprint density at radius 3 is 2.42 bits per heavy atom. The molecule has 8 heteroatoms. The van der Waals surface area contributed by atoms with Gasteiger partial charge < -0.3 is 5.73 Å². The number of benzene rings is 2. The third-order valence-electron chi connectivity index (χ3n) is 7.64. The summed E-state index contributed by atoms with van der Waals surface area (Å²) in [6.45, 7) is 8.98. The van der Waals surface area contributed by atoms with Crippen molar-refractivity contribution in [1.29, 1.82) is 0 Å². The van der Waals surface area contributed by atoms with Gasteiger partial charge >= 0.3 is 6.18 Å². The molecule has 2 unspecified atom stereocenters. The molecule has 2 heterocycles. The maximum Gasteiger partial charge on any atom is 0.416 e. The lowest BCUT2D eigenvalue weighted by Gasteiger charge is -2.47. The van der Waals surface area contributed by atoms with Gasteiger partial charge in [0.2, 0.25) is 5.91 Å². The molecule has 0 radical (unpaired) electrons. The number of halogens is 3.